The zero-order chi connectivity index (χ0) is 15.4. The molecule has 0 saturated heterocycles. The smallest absolute Gasteiger partial charge is 0.216 e. The lowest BCUT2D eigenvalue weighted by molar-refractivity contribution is 0.234. The molecule has 21 heavy (non-hydrogen) atoms. The van der Waals surface area contributed by atoms with E-state index in [1.54, 1.807) is 24.2 Å². The number of rotatable bonds is 6. The molecule has 0 saturated carbocycles. The van der Waals surface area contributed by atoms with Gasteiger partial charge >= 0.3 is 0 Å². The van der Waals surface area contributed by atoms with Gasteiger partial charge in [0.25, 0.3) is 0 Å². The summed E-state index contributed by atoms with van der Waals surface area (Å²) in [5, 5.41) is 4.44. The molecule has 2 rings (SSSR count). The summed E-state index contributed by atoms with van der Waals surface area (Å²) in [7, 11) is 5.60. The van der Waals surface area contributed by atoms with Crippen molar-refractivity contribution in [1.29, 1.82) is 0 Å². The molecule has 0 fully saturated rings. The quantitative estimate of drug-likeness (QED) is 0.867. The van der Waals surface area contributed by atoms with E-state index in [9.17, 15) is 0 Å². The number of nitrogens with two attached hydrogens (primary N) is 1. The van der Waals surface area contributed by atoms with Gasteiger partial charge in [0.05, 0.1) is 24.4 Å². The summed E-state index contributed by atoms with van der Waals surface area (Å²) < 4.78 is 7.25. The molecule has 0 radical (unpaired) electrons. The second kappa shape index (κ2) is 6.69. The van der Waals surface area contributed by atoms with E-state index in [0.717, 1.165) is 23.7 Å². The van der Waals surface area contributed by atoms with Gasteiger partial charge in [0, 0.05) is 32.5 Å². The highest BCUT2D eigenvalue weighted by molar-refractivity contribution is 5.34. The first-order valence-corrected chi connectivity index (χ1v) is 6.95. The molecule has 2 aromatic heterocycles. The van der Waals surface area contributed by atoms with E-state index in [1.165, 1.54) is 5.56 Å². The van der Waals surface area contributed by atoms with Crippen molar-refractivity contribution in [1.82, 2.24) is 19.7 Å². The van der Waals surface area contributed by atoms with Crippen molar-refractivity contribution in [3.05, 3.63) is 41.3 Å². The largest absolute Gasteiger partial charge is 0.481 e. The summed E-state index contributed by atoms with van der Waals surface area (Å²) >= 11 is 0. The van der Waals surface area contributed by atoms with Gasteiger partial charge < -0.3 is 10.5 Å². The van der Waals surface area contributed by atoms with E-state index in [0.29, 0.717) is 6.54 Å². The first kappa shape index (κ1) is 15.5. The Kier molecular flexibility index (Phi) is 4.93. The minimum Gasteiger partial charge on any atom is -0.481 e. The van der Waals surface area contributed by atoms with Crippen LogP contribution in [0.2, 0.25) is 0 Å². The van der Waals surface area contributed by atoms with E-state index in [1.807, 2.05) is 26.1 Å². The van der Waals surface area contributed by atoms with Gasteiger partial charge in [-0.15, -0.1) is 0 Å². The van der Waals surface area contributed by atoms with Crippen LogP contribution in [-0.2, 0) is 13.6 Å². The van der Waals surface area contributed by atoms with Crippen LogP contribution in [0, 0.1) is 6.92 Å². The maximum atomic E-state index is 6.01. The first-order valence-electron chi connectivity index (χ1n) is 6.95. The molecule has 6 nitrogen and oxygen atoms in total. The van der Waals surface area contributed by atoms with E-state index in [4.69, 9.17) is 10.5 Å². The highest BCUT2D eigenvalue weighted by Gasteiger charge is 2.25. The zero-order valence-corrected chi connectivity index (χ0v) is 13.1. The Morgan fingerprint density at radius 3 is 2.62 bits per heavy atom. The third kappa shape index (κ3) is 3.22. The van der Waals surface area contributed by atoms with Gasteiger partial charge in [-0.3, -0.25) is 9.88 Å². The van der Waals surface area contributed by atoms with Crippen LogP contribution in [0.4, 0.5) is 0 Å². The molecule has 0 aliphatic rings. The van der Waals surface area contributed by atoms with Crippen molar-refractivity contribution in [3.63, 3.8) is 0 Å². The Morgan fingerprint density at radius 2 is 2.05 bits per heavy atom. The summed E-state index contributed by atoms with van der Waals surface area (Å²) in [6, 6.07) is 4.08. The maximum absolute atomic E-state index is 6.01. The van der Waals surface area contributed by atoms with Gasteiger partial charge in [0.1, 0.15) is 0 Å². The minimum atomic E-state index is 0.0572. The second-order valence-corrected chi connectivity index (χ2v) is 5.15. The number of hydrogen-bond acceptors (Lipinski definition) is 5. The molecule has 2 aromatic rings. The molecule has 0 amide bonds. The number of hydrogen-bond donors (Lipinski definition) is 1. The Balaban J connectivity index is 2.27. The third-order valence-electron chi connectivity index (χ3n) is 3.68. The van der Waals surface area contributed by atoms with Crippen LogP contribution in [0.5, 0.6) is 5.88 Å². The molecule has 0 bridgehead atoms. The fourth-order valence-corrected chi connectivity index (χ4v) is 2.68. The lowest BCUT2D eigenvalue weighted by Gasteiger charge is -2.27. The first-order chi connectivity index (χ1) is 10.1. The molecule has 2 heterocycles. The Labute approximate surface area is 125 Å². The van der Waals surface area contributed by atoms with Crippen molar-refractivity contribution in [2.24, 2.45) is 12.8 Å². The van der Waals surface area contributed by atoms with Crippen molar-refractivity contribution in [2.45, 2.75) is 19.5 Å². The number of methoxy groups -OCH3 is 1. The number of nitrogens with zero attached hydrogens (tertiary/aromatic N) is 4. The average molecular weight is 289 g/mol. The molecule has 0 aromatic carbocycles. The second-order valence-electron chi connectivity index (χ2n) is 5.15. The summed E-state index contributed by atoms with van der Waals surface area (Å²) in [4.78, 5) is 6.25. The van der Waals surface area contributed by atoms with Gasteiger partial charge in [0.15, 0.2) is 0 Å². The standard InChI is InChI=1S/C15H23N5O/c1-11-14(15(21-4)20(3)18-11)13(9-16)19(2)10-12-5-7-17-8-6-12/h5-8,13H,9-10,16H2,1-4H3. The average Bonchev–Trinajstić information content (AvgIpc) is 2.75. The zero-order valence-electron chi connectivity index (χ0n) is 13.1. The minimum absolute atomic E-state index is 0.0572. The lowest BCUT2D eigenvalue weighted by atomic mass is 10.1. The Bertz CT molecular complexity index is 581. The topological polar surface area (TPSA) is 69.2 Å². The SMILES string of the molecule is COc1c(C(CN)N(C)Cc2ccncc2)c(C)nn1C. The van der Waals surface area contributed by atoms with Gasteiger partial charge in [0.2, 0.25) is 5.88 Å². The van der Waals surface area contributed by atoms with E-state index in [2.05, 4.69) is 22.0 Å². The van der Waals surface area contributed by atoms with Crippen LogP contribution in [0.1, 0.15) is 22.9 Å². The number of ether oxygens (including phenoxy) is 1. The van der Waals surface area contributed by atoms with E-state index in [-0.39, 0.29) is 6.04 Å². The maximum Gasteiger partial charge on any atom is 0.216 e. The van der Waals surface area contributed by atoms with Gasteiger partial charge in [-0.25, -0.2) is 4.68 Å². The normalized spacial score (nSPS) is 12.7. The van der Waals surface area contributed by atoms with Crippen molar-refractivity contribution < 1.29 is 4.74 Å². The summed E-state index contributed by atoms with van der Waals surface area (Å²) in [6.07, 6.45) is 3.60. The van der Waals surface area contributed by atoms with Crippen LogP contribution in [0.25, 0.3) is 0 Å². The van der Waals surface area contributed by atoms with Crippen LogP contribution < -0.4 is 10.5 Å². The number of aryl methyl sites for hydroxylation is 2. The van der Waals surface area contributed by atoms with Gasteiger partial charge in [-0.05, 0) is 31.7 Å². The summed E-state index contributed by atoms with van der Waals surface area (Å²) in [5.74, 6) is 0.768. The monoisotopic (exact) mass is 289 g/mol. The molecule has 0 aliphatic heterocycles. The molecule has 1 unspecified atom stereocenters. The van der Waals surface area contributed by atoms with E-state index >= 15 is 0 Å². The van der Waals surface area contributed by atoms with Gasteiger partial charge in [-0.1, -0.05) is 0 Å². The molecule has 0 spiro atoms. The molecule has 114 valence electrons. The van der Waals surface area contributed by atoms with E-state index < -0.39 is 0 Å². The number of pyridine rings is 1. The van der Waals surface area contributed by atoms with Crippen LogP contribution in [0.3, 0.4) is 0 Å². The molecule has 0 aliphatic carbocycles. The molecular weight excluding hydrogens is 266 g/mol. The summed E-state index contributed by atoms with van der Waals surface area (Å²) in [5.41, 5.74) is 9.22. The third-order valence-corrected chi connectivity index (χ3v) is 3.68. The summed E-state index contributed by atoms with van der Waals surface area (Å²) in [6.45, 7) is 3.28. The number of likely N-dealkylation sites (N-methyl/N-ethyl adjacent to an activating group) is 1. The highest BCUT2D eigenvalue weighted by Crippen LogP contribution is 2.31. The molecule has 1 atom stereocenters. The van der Waals surface area contributed by atoms with Gasteiger partial charge in [-0.2, -0.15) is 5.10 Å². The molecule has 6 heteroatoms. The predicted molar refractivity (Wildman–Crippen MR) is 82.0 cm³/mol. The Morgan fingerprint density at radius 1 is 1.38 bits per heavy atom. The highest BCUT2D eigenvalue weighted by atomic mass is 16.5. The van der Waals surface area contributed by atoms with Crippen molar-refractivity contribution in [2.75, 3.05) is 20.7 Å². The number of aromatic nitrogens is 3. The fraction of sp³-hybridized carbons (Fsp3) is 0.467. The molecule has 2 N–H and O–H groups in total. The Hall–Kier alpha value is -1.92. The van der Waals surface area contributed by atoms with Crippen LogP contribution >= 0.6 is 0 Å². The lowest BCUT2D eigenvalue weighted by Crippen LogP contribution is -2.30. The fourth-order valence-electron chi connectivity index (χ4n) is 2.68. The van der Waals surface area contributed by atoms with Crippen molar-refractivity contribution >= 4 is 0 Å². The molecular formula is C15H23N5O. The van der Waals surface area contributed by atoms with Crippen LogP contribution in [0.15, 0.2) is 24.5 Å². The van der Waals surface area contributed by atoms with Crippen LogP contribution in [-0.4, -0.2) is 40.4 Å². The predicted octanol–water partition coefficient (Wildman–Crippen LogP) is 1.26. The van der Waals surface area contributed by atoms with Crippen molar-refractivity contribution in [3.8, 4) is 5.88 Å².